The van der Waals surface area contributed by atoms with Crippen LogP contribution in [0.3, 0.4) is 0 Å². The number of thioether (sulfide) groups is 1. The van der Waals surface area contributed by atoms with Gasteiger partial charge in [-0.3, -0.25) is 43.3 Å². The molecule has 0 aromatic carbocycles. The van der Waals surface area contributed by atoms with E-state index in [1.165, 1.54) is 119 Å². The van der Waals surface area contributed by atoms with E-state index in [2.05, 4.69) is 88.1 Å². The molecule has 6 aliphatic heterocycles. The van der Waals surface area contributed by atoms with Gasteiger partial charge in [0.1, 0.15) is 42.5 Å². The van der Waals surface area contributed by atoms with Gasteiger partial charge in [0.15, 0.2) is 0 Å². The van der Waals surface area contributed by atoms with Gasteiger partial charge in [-0.05, 0) is 57.3 Å². The Morgan fingerprint density at radius 1 is 0.676 bits per heavy atom. The van der Waals surface area contributed by atoms with Gasteiger partial charge in [-0.25, -0.2) is 14.8 Å². The van der Waals surface area contributed by atoms with Crippen molar-refractivity contribution in [3.63, 3.8) is 0 Å². The van der Waals surface area contributed by atoms with Crippen LogP contribution in [-0.4, -0.2) is 263 Å². The molecule has 0 aliphatic carbocycles. The summed E-state index contributed by atoms with van der Waals surface area (Å²) in [6.45, 7) is 12.2. The van der Waals surface area contributed by atoms with Crippen LogP contribution in [0.4, 0.5) is 0 Å². The first kappa shape index (κ1) is 90.3. The Morgan fingerprint density at radius 2 is 1.21 bits per heavy atom. The van der Waals surface area contributed by atoms with Crippen LogP contribution in [0, 0.1) is 11.8 Å². The number of aliphatic carboxylic acids is 1. The topological polar surface area (TPSA) is 485 Å². The third-order valence-electron chi connectivity index (χ3n) is 19.2. The Hall–Kier alpha value is -5.31. The molecule has 35 heteroatoms. The summed E-state index contributed by atoms with van der Waals surface area (Å²) in [5, 5.41) is 98.4. The Morgan fingerprint density at radius 3 is 1.72 bits per heavy atom. The molecule has 8 heterocycles. The van der Waals surface area contributed by atoms with Crippen LogP contribution >= 0.6 is 21.4 Å². The molecular formula is C70H116ClN16O16OsS-4. The number of carbonyl (C=O) groups is 9. The van der Waals surface area contributed by atoms with Crippen molar-refractivity contribution in [3.05, 3.63) is 57.7 Å². The van der Waals surface area contributed by atoms with Crippen molar-refractivity contribution in [1.82, 2.24) is 62.1 Å². The van der Waals surface area contributed by atoms with Gasteiger partial charge in [-0.15, -0.1) is 37.9 Å². The van der Waals surface area contributed by atoms with Crippen molar-refractivity contribution in [1.29, 1.82) is 0 Å². The summed E-state index contributed by atoms with van der Waals surface area (Å²) < 4.78 is 5.21. The number of unbranched alkanes of at least 4 members (excludes halogenated alkanes) is 3. The summed E-state index contributed by atoms with van der Waals surface area (Å²) in [7, 11) is 4.67. The molecule has 15 unspecified atom stereocenters. The Balaban J connectivity index is 0.000000626. The van der Waals surface area contributed by atoms with Crippen LogP contribution in [0.15, 0.2) is 25.0 Å². The third-order valence-corrected chi connectivity index (χ3v) is 20.4. The molecule has 0 saturated carbocycles. The number of carbonyl (C=O) groups excluding carboxylic acids is 8. The zero-order valence-corrected chi connectivity index (χ0v) is 65.5. The number of aliphatic hydroxyl groups is 5. The fourth-order valence-corrected chi connectivity index (χ4v) is 14.2. The first-order valence-electron chi connectivity index (χ1n) is 37.3. The predicted molar refractivity (Wildman–Crippen MR) is 392 cm³/mol. The number of aromatic nitrogens is 4. The summed E-state index contributed by atoms with van der Waals surface area (Å²) in [5.74, 6) is -9.07. The van der Waals surface area contributed by atoms with Gasteiger partial charge in [0.05, 0.1) is 49.0 Å². The molecule has 6 saturated heterocycles. The second-order valence-electron chi connectivity index (χ2n) is 28.5. The monoisotopic (exact) mass is 1700 g/mol. The van der Waals surface area contributed by atoms with Gasteiger partial charge in [-0.1, -0.05) is 111 Å². The number of imidazole rings is 2. The molecule has 15 atom stereocenters. The van der Waals surface area contributed by atoms with E-state index in [9.17, 15) is 73.8 Å². The number of H-pyrrole nitrogens is 2. The van der Waals surface area contributed by atoms with Gasteiger partial charge in [0.25, 0.3) is 0 Å². The molecule has 32 nitrogen and oxygen atoms in total. The minimum atomic E-state index is -2.39. The van der Waals surface area contributed by atoms with E-state index in [1.807, 2.05) is 0 Å². The maximum atomic E-state index is 14.1. The van der Waals surface area contributed by atoms with Crippen LogP contribution in [0.5, 0.6) is 0 Å². The van der Waals surface area contributed by atoms with Crippen LogP contribution in [0.1, 0.15) is 181 Å². The van der Waals surface area contributed by atoms with Crippen molar-refractivity contribution in [3.8, 4) is 0 Å². The molecule has 6 fully saturated rings. The number of ether oxygens (including phenoxy) is 1. The van der Waals surface area contributed by atoms with Gasteiger partial charge in [0.2, 0.25) is 53.0 Å². The molecule has 15 N–H and O–H groups in total. The number of nitrogens with zero attached hydrogens (tertiary/aromatic N) is 7. The van der Waals surface area contributed by atoms with E-state index < -0.39 is 114 Å². The fourth-order valence-electron chi connectivity index (χ4n) is 13.2. The Bertz CT molecular complexity index is 2830. The molecule has 0 bridgehead atoms. The average molecular weight is 1700 g/mol. The number of rotatable bonds is 37. The van der Waals surface area contributed by atoms with Crippen molar-refractivity contribution in [2.24, 2.45) is 11.8 Å². The van der Waals surface area contributed by atoms with Crippen LogP contribution in [0.25, 0.3) is 21.3 Å². The van der Waals surface area contributed by atoms with Crippen LogP contribution < -0.4 is 37.2 Å². The van der Waals surface area contributed by atoms with E-state index >= 15 is 0 Å². The molecule has 105 heavy (non-hydrogen) atoms. The molecule has 597 valence electrons. The van der Waals surface area contributed by atoms with Crippen molar-refractivity contribution >= 4 is 74.6 Å². The first-order chi connectivity index (χ1) is 50.3. The maximum absolute atomic E-state index is 14.1. The minimum absolute atomic E-state index is 0.0156. The van der Waals surface area contributed by atoms with Crippen LogP contribution in [0.2, 0.25) is 0 Å². The molecule has 8 amide bonds. The summed E-state index contributed by atoms with van der Waals surface area (Å²) in [6.07, 6.45) is 17.9. The van der Waals surface area contributed by atoms with Crippen LogP contribution in [-0.2, 0) is 78.3 Å². The molecular weight excluding hydrogens is 1580 g/mol. The third kappa shape index (κ3) is 32.0. The van der Waals surface area contributed by atoms with Gasteiger partial charge < -0.3 is 104 Å². The number of halogens is 1. The number of aromatic amines is 2. The number of aliphatic hydroxyl groups excluding tert-OH is 4. The summed E-state index contributed by atoms with van der Waals surface area (Å²) in [6, 6.07) is -4.55. The fraction of sp³-hybridized carbons (Fsp3) is 0.786. The van der Waals surface area contributed by atoms with Crippen molar-refractivity contribution in [2.45, 2.75) is 272 Å². The number of imide groups is 1. The van der Waals surface area contributed by atoms with E-state index in [1.54, 1.807) is 40.2 Å². The second-order valence-corrected chi connectivity index (χ2v) is 29.7. The number of likely N-dealkylation sites (tertiary alicyclic amines) is 1. The number of hydrogen-bond acceptors (Lipinski definition) is 19. The van der Waals surface area contributed by atoms with Crippen molar-refractivity contribution < 1.29 is 96.1 Å². The number of nitrogens with one attached hydrogen (secondary N) is 9. The summed E-state index contributed by atoms with van der Waals surface area (Å²) in [4.78, 5) is 133. The SMILES string of the molecule is C1CCC(C2CCCC[N-]2)[N-]C1.C1CCC(C2CCCC[N-]2)[N-]C1.CC(C)CC(NC(=O)C(Cc1cnc[nH]1)NC(=O)C(NCC1(O)OCC(O)C(O)C1O)C(C)C)C(=O)NC(C(=O)NC(CCCCNC(=O)CCCCCN1C(=O)CC(SCC(=O)NCCc2cnc[nH]2)C1=O)C(=O)O)C(C)O.[Cl][Os]. The predicted octanol–water partition coefficient (Wildman–Crippen LogP) is 2.97. The van der Waals surface area contributed by atoms with Gasteiger partial charge in [-0.2, -0.15) is 24.2 Å². The standard InChI is InChI=1S/C50H80N12O16S.2C10H18N2.ClH.Os/c1-27(2)17-33(59-44(70)34(18-31-21-52-26-57-31)60-46(72)40(28(3)4)55-24-50(77)43(69)42(68)35(64)22-78-50)45(71)61-41(29(5)63)47(73)58-32(49(75)76)11-8-9-14-53-37(65)12-7-6-10-16-62-39(67)19-36(48(62)74)79-23-38(66)54-15-13-30-20-51-25-56-30;2*1-3-7-11-9(5-1)10-6-2-4-8-12-10;;/h20-21,25-29,32-36,40-43,55,63-64,68-69,77H,6-19,22-24H2,1-5H3,(H,51,56)(H,52,57)(H,53,65)(H,54,66)(H,58,73)(H,59,70)(H,60,72)(H,61,71)(H,75,76);2*9-10H,1-8H2;1H;/q;2*-2;;+1/p-1. The zero-order valence-electron chi connectivity index (χ0n) is 61.4. The molecule has 2 aromatic heterocycles. The Labute approximate surface area is 635 Å². The van der Waals surface area contributed by atoms with Gasteiger partial charge >= 0.3 is 33.2 Å². The Kier molecular flexibility index (Phi) is 42.1. The molecule has 0 spiro atoms. The normalized spacial score (nSPS) is 25.0. The van der Waals surface area contributed by atoms with Gasteiger partial charge in [0, 0.05) is 69.1 Å². The molecule has 8 rings (SSSR count). The van der Waals surface area contributed by atoms with E-state index in [0.29, 0.717) is 68.5 Å². The molecule has 6 aliphatic rings. The summed E-state index contributed by atoms with van der Waals surface area (Å²) >= 11 is 2.46. The summed E-state index contributed by atoms with van der Waals surface area (Å²) in [5.41, 5.74) is 1.30. The van der Waals surface area contributed by atoms with Crippen molar-refractivity contribution in [2.75, 3.05) is 64.7 Å². The number of piperidine rings is 4. The van der Waals surface area contributed by atoms with E-state index in [-0.39, 0.29) is 86.9 Å². The molecule has 2 aromatic rings. The zero-order chi connectivity index (χ0) is 76.8. The quantitative estimate of drug-likeness (QED) is 0.0341. The number of hydrogen-bond donors (Lipinski definition) is 15. The number of carboxylic acid groups (broad SMARTS) is 1. The van der Waals surface area contributed by atoms with E-state index in [4.69, 9.17) is 4.74 Å². The number of amides is 8. The second kappa shape index (κ2) is 49.0. The molecule has 0 radical (unpaired) electrons. The number of carboxylic acids is 1. The average Bonchev–Trinajstić information content (AvgIpc) is 1.77. The van der Waals surface area contributed by atoms with E-state index in [0.717, 1.165) is 43.6 Å². The first-order valence-corrected chi connectivity index (χ1v) is 41.5.